The number of hydrogen-bond acceptors (Lipinski definition) is 4. The van der Waals surface area contributed by atoms with Crippen molar-refractivity contribution < 1.29 is 24.5 Å². The summed E-state index contributed by atoms with van der Waals surface area (Å²) in [6, 6.07) is 17.3. The lowest BCUT2D eigenvalue weighted by molar-refractivity contribution is -0.137. The number of para-hydroxylation sites is 1. The number of amides is 1. The Kier molecular flexibility index (Phi) is 9.51. The largest absolute Gasteiger partial charge is 0.489 e. The fraction of sp³-hybridized carbons (Fsp3) is 0.407. The Morgan fingerprint density at radius 2 is 1.88 bits per heavy atom. The van der Waals surface area contributed by atoms with E-state index in [9.17, 15) is 14.7 Å². The first kappa shape index (κ1) is 24.5. The van der Waals surface area contributed by atoms with Crippen molar-refractivity contribution >= 4 is 11.9 Å². The molecule has 0 radical (unpaired) electrons. The second-order valence-electron chi connectivity index (χ2n) is 8.43. The van der Waals surface area contributed by atoms with E-state index in [1.807, 2.05) is 65.6 Å². The molecule has 2 N–H and O–H groups in total. The van der Waals surface area contributed by atoms with E-state index in [1.165, 1.54) is 0 Å². The van der Waals surface area contributed by atoms with Crippen molar-refractivity contribution in [1.82, 2.24) is 4.90 Å². The zero-order valence-electron chi connectivity index (χ0n) is 18.9. The van der Waals surface area contributed by atoms with Crippen molar-refractivity contribution in [2.45, 2.75) is 63.7 Å². The lowest BCUT2D eigenvalue weighted by Crippen LogP contribution is -2.32. The molecule has 0 aliphatic carbocycles. The Morgan fingerprint density at radius 1 is 1.09 bits per heavy atom. The molecule has 0 spiro atoms. The van der Waals surface area contributed by atoms with Gasteiger partial charge in [-0.25, -0.2) is 0 Å². The predicted octanol–water partition coefficient (Wildman–Crippen LogP) is 4.88. The van der Waals surface area contributed by atoms with Crippen molar-refractivity contribution in [1.29, 1.82) is 0 Å². The summed E-state index contributed by atoms with van der Waals surface area (Å²) in [6.45, 7) is 1.09. The summed E-state index contributed by atoms with van der Waals surface area (Å²) in [4.78, 5) is 24.7. The van der Waals surface area contributed by atoms with E-state index < -0.39 is 12.1 Å². The number of nitrogens with zero attached hydrogens (tertiary/aromatic N) is 1. The lowest BCUT2D eigenvalue weighted by Gasteiger charge is -2.22. The van der Waals surface area contributed by atoms with Crippen molar-refractivity contribution in [3.63, 3.8) is 0 Å². The minimum absolute atomic E-state index is 0.00392. The van der Waals surface area contributed by atoms with Gasteiger partial charge in [-0.2, -0.15) is 0 Å². The van der Waals surface area contributed by atoms with E-state index in [0.717, 1.165) is 42.6 Å². The monoisotopic (exact) mass is 451 g/mol. The molecule has 2 aromatic rings. The van der Waals surface area contributed by atoms with Crippen LogP contribution in [0.5, 0.6) is 5.75 Å². The first-order valence-electron chi connectivity index (χ1n) is 11.7. The van der Waals surface area contributed by atoms with Gasteiger partial charge in [0.1, 0.15) is 12.4 Å². The number of aliphatic hydroxyl groups is 1. The van der Waals surface area contributed by atoms with Gasteiger partial charge >= 0.3 is 5.97 Å². The number of carboxylic acid groups (broad SMARTS) is 1. The minimum Gasteiger partial charge on any atom is -0.489 e. The van der Waals surface area contributed by atoms with Crippen LogP contribution in [0.3, 0.4) is 0 Å². The molecule has 1 fully saturated rings. The molecule has 1 saturated heterocycles. The van der Waals surface area contributed by atoms with Crippen LogP contribution in [-0.2, 0) is 16.2 Å². The van der Waals surface area contributed by atoms with Crippen LogP contribution in [0, 0.1) is 0 Å². The van der Waals surface area contributed by atoms with Gasteiger partial charge in [-0.05, 0) is 48.6 Å². The Balaban J connectivity index is 1.49. The molecule has 6 nitrogen and oxygen atoms in total. The second-order valence-corrected chi connectivity index (χ2v) is 8.43. The average molecular weight is 452 g/mol. The molecule has 2 aromatic carbocycles. The van der Waals surface area contributed by atoms with Crippen LogP contribution >= 0.6 is 0 Å². The van der Waals surface area contributed by atoms with Gasteiger partial charge in [0, 0.05) is 19.4 Å². The number of ether oxygens (including phenoxy) is 1. The highest BCUT2D eigenvalue weighted by molar-refractivity contribution is 5.79. The second kappa shape index (κ2) is 12.8. The summed E-state index contributed by atoms with van der Waals surface area (Å²) < 4.78 is 5.79. The number of carbonyl (C=O) groups is 2. The fourth-order valence-electron chi connectivity index (χ4n) is 4.05. The SMILES string of the molecule is O=C(O)CCCCCCN1C(=O)CCC1C=CC(O)c1cccc(COc2ccccc2)c1. The van der Waals surface area contributed by atoms with Crippen LogP contribution < -0.4 is 4.74 Å². The van der Waals surface area contributed by atoms with E-state index in [1.54, 1.807) is 6.08 Å². The van der Waals surface area contributed by atoms with Crippen LogP contribution in [0.1, 0.15) is 62.2 Å². The quantitative estimate of drug-likeness (QED) is 0.335. The molecule has 2 atom stereocenters. The minimum atomic E-state index is -0.761. The van der Waals surface area contributed by atoms with Gasteiger partial charge in [-0.1, -0.05) is 61.4 Å². The Hall–Kier alpha value is -3.12. The molecule has 1 aliphatic rings. The average Bonchev–Trinajstić information content (AvgIpc) is 3.18. The van der Waals surface area contributed by atoms with Crippen LogP contribution in [0.4, 0.5) is 0 Å². The van der Waals surface area contributed by atoms with Gasteiger partial charge in [0.25, 0.3) is 0 Å². The van der Waals surface area contributed by atoms with Crippen LogP contribution in [0.2, 0.25) is 0 Å². The van der Waals surface area contributed by atoms with Crippen molar-refractivity contribution in [2.24, 2.45) is 0 Å². The number of aliphatic hydroxyl groups excluding tert-OH is 1. The summed E-state index contributed by atoms with van der Waals surface area (Å²) in [6.07, 6.45) is 7.73. The molecule has 1 heterocycles. The molecule has 33 heavy (non-hydrogen) atoms. The summed E-state index contributed by atoms with van der Waals surface area (Å²) in [5, 5.41) is 19.4. The van der Waals surface area contributed by atoms with Crippen LogP contribution in [0.15, 0.2) is 66.7 Å². The number of carboxylic acids is 1. The maximum absolute atomic E-state index is 12.3. The Labute approximate surface area is 195 Å². The third-order valence-corrected chi connectivity index (χ3v) is 5.87. The van der Waals surface area contributed by atoms with Gasteiger partial charge in [-0.15, -0.1) is 0 Å². The highest BCUT2D eigenvalue weighted by Gasteiger charge is 2.28. The number of carbonyl (C=O) groups excluding carboxylic acids is 1. The molecule has 3 rings (SSSR count). The summed E-state index contributed by atoms with van der Waals surface area (Å²) in [5.74, 6) is 0.184. The molecular formula is C27H33NO5. The van der Waals surface area contributed by atoms with Crippen LogP contribution in [0.25, 0.3) is 0 Å². The lowest BCUT2D eigenvalue weighted by atomic mass is 10.0. The number of rotatable bonds is 13. The molecule has 1 amide bonds. The van der Waals surface area contributed by atoms with Crippen molar-refractivity contribution in [2.75, 3.05) is 6.54 Å². The molecule has 6 heteroatoms. The molecule has 2 unspecified atom stereocenters. The number of likely N-dealkylation sites (tertiary alicyclic amines) is 1. The van der Waals surface area contributed by atoms with E-state index in [-0.39, 0.29) is 18.4 Å². The van der Waals surface area contributed by atoms with Gasteiger partial charge in [0.05, 0.1) is 12.1 Å². The zero-order chi connectivity index (χ0) is 23.5. The fourth-order valence-corrected chi connectivity index (χ4v) is 4.05. The maximum Gasteiger partial charge on any atom is 0.303 e. The number of unbranched alkanes of at least 4 members (excludes halogenated alkanes) is 3. The maximum atomic E-state index is 12.3. The molecule has 1 aliphatic heterocycles. The number of aliphatic carboxylic acids is 1. The van der Waals surface area contributed by atoms with Crippen molar-refractivity contribution in [3.05, 3.63) is 77.9 Å². The Morgan fingerprint density at radius 3 is 2.67 bits per heavy atom. The number of benzene rings is 2. The first-order valence-corrected chi connectivity index (χ1v) is 11.7. The van der Waals surface area contributed by atoms with Gasteiger partial charge in [0.15, 0.2) is 0 Å². The summed E-state index contributed by atoms with van der Waals surface area (Å²) in [5.41, 5.74) is 1.76. The Bertz CT molecular complexity index is 927. The third-order valence-electron chi connectivity index (χ3n) is 5.87. The van der Waals surface area contributed by atoms with E-state index in [0.29, 0.717) is 26.0 Å². The topological polar surface area (TPSA) is 87.1 Å². The molecule has 0 saturated carbocycles. The highest BCUT2D eigenvalue weighted by atomic mass is 16.5. The van der Waals surface area contributed by atoms with Gasteiger partial charge < -0.3 is 19.8 Å². The third kappa shape index (κ3) is 8.06. The predicted molar refractivity (Wildman–Crippen MR) is 127 cm³/mol. The van der Waals surface area contributed by atoms with E-state index in [4.69, 9.17) is 9.84 Å². The standard InChI is InChI=1S/C27H33NO5/c29-25(22-10-8-9-21(19-22)20-33-24-11-4-3-5-12-24)16-14-23-15-17-26(30)28(23)18-7-2-1-6-13-27(31)32/h3-5,8-12,14,16,19,23,25,29H,1-2,6-7,13,15,17-18,20H2,(H,31,32). The molecule has 0 aromatic heterocycles. The first-order chi connectivity index (χ1) is 16.0. The summed E-state index contributed by atoms with van der Waals surface area (Å²) >= 11 is 0. The molecular weight excluding hydrogens is 418 g/mol. The smallest absolute Gasteiger partial charge is 0.303 e. The molecule has 0 bridgehead atoms. The normalized spacial score (nSPS) is 16.9. The van der Waals surface area contributed by atoms with E-state index >= 15 is 0 Å². The number of hydrogen-bond donors (Lipinski definition) is 2. The van der Waals surface area contributed by atoms with E-state index in [2.05, 4.69) is 0 Å². The van der Waals surface area contributed by atoms with Crippen molar-refractivity contribution in [3.8, 4) is 5.75 Å². The zero-order valence-corrected chi connectivity index (χ0v) is 18.9. The van der Waals surface area contributed by atoms with Gasteiger partial charge in [-0.3, -0.25) is 9.59 Å². The van der Waals surface area contributed by atoms with Crippen LogP contribution in [-0.4, -0.2) is 39.6 Å². The van der Waals surface area contributed by atoms with Gasteiger partial charge in [0.2, 0.25) is 5.91 Å². The highest BCUT2D eigenvalue weighted by Crippen LogP contribution is 2.23. The summed E-state index contributed by atoms with van der Waals surface area (Å²) in [7, 11) is 0. The molecule has 176 valence electrons.